The summed E-state index contributed by atoms with van der Waals surface area (Å²) in [6.07, 6.45) is 2.10. The van der Waals surface area contributed by atoms with Gasteiger partial charge in [0, 0.05) is 19.6 Å². The summed E-state index contributed by atoms with van der Waals surface area (Å²) < 4.78 is 15.8. The van der Waals surface area contributed by atoms with Crippen molar-refractivity contribution in [1.82, 2.24) is 10.2 Å². The van der Waals surface area contributed by atoms with E-state index in [9.17, 15) is 14.4 Å². The highest BCUT2D eigenvalue weighted by Gasteiger charge is 2.19. The molecule has 3 amide bonds. The molecule has 2 atom stereocenters. The number of aliphatic hydroxyl groups is 1. The summed E-state index contributed by atoms with van der Waals surface area (Å²) in [6.45, 7) is 10.9. The molecule has 184 valence electrons. The summed E-state index contributed by atoms with van der Waals surface area (Å²) in [5.41, 5.74) is 10.1. The van der Waals surface area contributed by atoms with Crippen LogP contribution in [0.5, 0.6) is 0 Å². The first-order chi connectivity index (χ1) is 14.9. The zero-order valence-corrected chi connectivity index (χ0v) is 19.2. The molecule has 0 aromatic carbocycles. The number of hydrogen-bond donors (Lipinski definition) is 4. The molecule has 31 heavy (non-hydrogen) atoms. The molecule has 0 bridgehead atoms. The van der Waals surface area contributed by atoms with Crippen molar-refractivity contribution in [3.8, 4) is 0 Å². The number of ether oxygens (including phenoxy) is 3. The minimum atomic E-state index is -0.988. The van der Waals surface area contributed by atoms with Crippen molar-refractivity contribution in [3.05, 3.63) is 0 Å². The minimum absolute atomic E-state index is 0.202. The van der Waals surface area contributed by atoms with Crippen LogP contribution in [0.1, 0.15) is 40.0 Å². The van der Waals surface area contributed by atoms with Gasteiger partial charge in [-0.2, -0.15) is 0 Å². The predicted octanol–water partition coefficient (Wildman–Crippen LogP) is -0.999. The molecular weight excluding hydrogens is 408 g/mol. The fraction of sp³-hybridized carbons (Fsp3) is 0.850. The van der Waals surface area contributed by atoms with E-state index in [2.05, 4.69) is 5.32 Å². The second kappa shape index (κ2) is 22.9. The Bertz CT molecular complexity index is 447. The molecule has 0 aromatic rings. The predicted molar refractivity (Wildman–Crippen MR) is 117 cm³/mol. The van der Waals surface area contributed by atoms with Gasteiger partial charge in [-0.25, -0.2) is 0 Å². The number of nitrogens with two attached hydrogens (primary N) is 2. The van der Waals surface area contributed by atoms with Crippen molar-refractivity contribution in [2.24, 2.45) is 11.5 Å². The van der Waals surface area contributed by atoms with Crippen molar-refractivity contribution in [2.45, 2.75) is 52.2 Å². The van der Waals surface area contributed by atoms with Gasteiger partial charge in [-0.3, -0.25) is 14.4 Å². The second-order valence-corrected chi connectivity index (χ2v) is 6.37. The second-order valence-electron chi connectivity index (χ2n) is 6.37. The molecule has 11 heteroatoms. The molecule has 1 fully saturated rings. The third kappa shape index (κ3) is 18.7. The molecule has 0 unspecified atom stereocenters. The van der Waals surface area contributed by atoms with Crippen LogP contribution >= 0.6 is 0 Å². The number of carbonyl (C=O) groups is 3. The third-order valence-electron chi connectivity index (χ3n) is 3.96. The molecule has 0 spiro atoms. The summed E-state index contributed by atoms with van der Waals surface area (Å²) >= 11 is 0. The molecule has 11 nitrogen and oxygen atoms in total. The first-order valence-corrected chi connectivity index (χ1v) is 10.8. The molecule has 6 N–H and O–H groups in total. The molecule has 0 saturated carbocycles. The van der Waals surface area contributed by atoms with Crippen LogP contribution in [0.15, 0.2) is 0 Å². The number of hydrogen-bond acceptors (Lipinski definition) is 8. The zero-order valence-electron chi connectivity index (χ0n) is 19.2. The first kappa shape index (κ1) is 31.4. The molecular formula is C20H42N4O7. The minimum Gasteiger partial charge on any atom is -0.391 e. The normalized spacial score (nSPS) is 14.4. The van der Waals surface area contributed by atoms with Crippen molar-refractivity contribution in [2.75, 3.05) is 59.3 Å². The number of aliphatic hydroxyl groups excluding tert-OH is 1. The molecule has 0 radical (unpaired) electrons. The highest BCUT2D eigenvalue weighted by molar-refractivity contribution is 5.82. The number of carbonyl (C=O) groups excluding carboxylic acids is 3. The lowest BCUT2D eigenvalue weighted by molar-refractivity contribution is -0.131. The Balaban J connectivity index is 0. The Hall–Kier alpha value is -1.79. The number of amides is 3. The lowest BCUT2D eigenvalue weighted by Crippen LogP contribution is -2.47. The third-order valence-corrected chi connectivity index (χ3v) is 3.96. The van der Waals surface area contributed by atoms with Gasteiger partial charge < -0.3 is 41.0 Å². The molecule has 1 saturated heterocycles. The van der Waals surface area contributed by atoms with Crippen LogP contribution in [0.3, 0.4) is 0 Å². The number of nitrogens with one attached hydrogen (secondary N) is 1. The van der Waals surface area contributed by atoms with E-state index in [4.69, 9.17) is 30.8 Å². The number of nitrogens with zero attached hydrogens (tertiary/aromatic N) is 1. The van der Waals surface area contributed by atoms with Gasteiger partial charge in [0.2, 0.25) is 18.2 Å². The van der Waals surface area contributed by atoms with E-state index < -0.39 is 18.1 Å². The summed E-state index contributed by atoms with van der Waals surface area (Å²) in [6, 6.07) is -0.988. The quantitative estimate of drug-likeness (QED) is 0.182. The maximum Gasteiger partial charge on any atom is 0.242 e. The van der Waals surface area contributed by atoms with Gasteiger partial charge in [0.15, 0.2) is 0 Å². The monoisotopic (exact) mass is 450 g/mol. The van der Waals surface area contributed by atoms with E-state index in [1.807, 2.05) is 18.7 Å². The van der Waals surface area contributed by atoms with Crippen LogP contribution < -0.4 is 16.8 Å². The Morgan fingerprint density at radius 2 is 1.52 bits per heavy atom. The van der Waals surface area contributed by atoms with Crippen LogP contribution in [0, 0.1) is 0 Å². The Labute approximate surface area is 185 Å². The van der Waals surface area contributed by atoms with Crippen molar-refractivity contribution >= 4 is 18.2 Å². The van der Waals surface area contributed by atoms with Crippen LogP contribution in [0.4, 0.5) is 0 Å². The van der Waals surface area contributed by atoms with Crippen molar-refractivity contribution < 1.29 is 33.7 Å². The Kier molecular flexibility index (Phi) is 23.2. The zero-order chi connectivity index (χ0) is 23.9. The lowest BCUT2D eigenvalue weighted by Gasteiger charge is -2.14. The summed E-state index contributed by atoms with van der Waals surface area (Å²) in [7, 11) is 0. The van der Waals surface area contributed by atoms with Gasteiger partial charge in [0.25, 0.3) is 0 Å². The summed E-state index contributed by atoms with van der Waals surface area (Å²) in [5.74, 6) is -0.546. The first-order valence-electron chi connectivity index (χ1n) is 10.8. The Morgan fingerprint density at radius 3 is 1.90 bits per heavy atom. The van der Waals surface area contributed by atoms with Gasteiger partial charge in [-0.15, -0.1) is 0 Å². The van der Waals surface area contributed by atoms with Gasteiger partial charge in [-0.05, 0) is 19.8 Å². The maximum absolute atomic E-state index is 11.7. The summed E-state index contributed by atoms with van der Waals surface area (Å²) in [5, 5.41) is 10.9. The summed E-state index contributed by atoms with van der Waals surface area (Å²) in [4.78, 5) is 33.7. The highest BCUT2D eigenvalue weighted by Crippen LogP contribution is 2.08. The van der Waals surface area contributed by atoms with Crippen LogP contribution in [0.2, 0.25) is 0 Å². The molecule has 0 aromatic heterocycles. The molecule has 0 aliphatic carbocycles. The number of likely N-dealkylation sites (tertiary alicyclic amines) is 1. The van der Waals surface area contributed by atoms with E-state index in [0.29, 0.717) is 59.0 Å². The van der Waals surface area contributed by atoms with Crippen molar-refractivity contribution in [3.63, 3.8) is 0 Å². The van der Waals surface area contributed by atoms with Crippen LogP contribution in [-0.2, 0) is 28.6 Å². The fourth-order valence-electron chi connectivity index (χ4n) is 2.44. The fourth-order valence-corrected chi connectivity index (χ4v) is 2.44. The van der Waals surface area contributed by atoms with E-state index in [1.54, 1.807) is 0 Å². The standard InChI is InChI=1S/C13H26N2O4.C5H10N2O3.C2H6/c14-4-8-18-10-12-19-11-9-17-7-3-13(16)15-5-1-2-6-15;1-3(9)4(5(6)10)7-2-8;1-2/h1-12,14H2;2-4,9H,1H3,(H2,6,10)(H,7,8);1-2H3/t;3-,4+;/m.1./s1. The van der Waals surface area contributed by atoms with Gasteiger partial charge >= 0.3 is 0 Å². The molecule has 1 rings (SSSR count). The average Bonchev–Trinajstić information content (AvgIpc) is 3.30. The highest BCUT2D eigenvalue weighted by atomic mass is 16.5. The maximum atomic E-state index is 11.7. The molecule has 1 aliphatic heterocycles. The van der Waals surface area contributed by atoms with E-state index in [-0.39, 0.29) is 5.91 Å². The molecule has 1 aliphatic rings. The van der Waals surface area contributed by atoms with E-state index >= 15 is 0 Å². The van der Waals surface area contributed by atoms with E-state index in [0.717, 1.165) is 25.9 Å². The number of rotatable bonds is 15. The number of primary amides is 1. The van der Waals surface area contributed by atoms with Gasteiger partial charge in [0.1, 0.15) is 6.04 Å². The largest absolute Gasteiger partial charge is 0.391 e. The molecule has 1 heterocycles. The van der Waals surface area contributed by atoms with Gasteiger partial charge in [-0.1, -0.05) is 13.8 Å². The average molecular weight is 451 g/mol. The topological polar surface area (TPSA) is 166 Å². The van der Waals surface area contributed by atoms with E-state index in [1.165, 1.54) is 6.92 Å². The lowest BCUT2D eigenvalue weighted by atomic mass is 10.2. The van der Waals surface area contributed by atoms with Crippen LogP contribution in [-0.4, -0.2) is 99.7 Å². The SMILES string of the molecule is CC.C[C@@H](O)[C@H](NC=O)C(N)=O.NCCOCCOCCOCCC(=O)N1CCCC1. The smallest absolute Gasteiger partial charge is 0.242 e. The van der Waals surface area contributed by atoms with Gasteiger partial charge in [0.05, 0.1) is 52.2 Å². The van der Waals surface area contributed by atoms with Crippen molar-refractivity contribution in [1.29, 1.82) is 0 Å². The van der Waals surface area contributed by atoms with Crippen LogP contribution in [0.25, 0.3) is 0 Å². The Morgan fingerprint density at radius 1 is 1.03 bits per heavy atom.